The van der Waals surface area contributed by atoms with Crippen LogP contribution in [0.3, 0.4) is 0 Å². The number of hydrogen-bond acceptors (Lipinski definition) is 9. The van der Waals surface area contributed by atoms with Gasteiger partial charge in [-0.1, -0.05) is 18.2 Å². The first-order chi connectivity index (χ1) is 22.7. The predicted octanol–water partition coefficient (Wildman–Crippen LogP) is 0.715. The third-order valence-electron chi connectivity index (χ3n) is 9.24. The SMILES string of the molecule is O=C1C[C@@H]2O[C@H](CN(S(=O)(=O)c3cccc(F)c3)C[C@@H]3CN(CCO3)C(=O)[C@@H]3C[C@@H](CN3Cc3ccc(C(F)(F)F)cc3)N1)[C@@H](O)[C@H]2O. The molecule has 4 aliphatic rings. The molecule has 2 aromatic rings. The van der Waals surface area contributed by atoms with Gasteiger partial charge in [-0.3, -0.25) is 14.5 Å². The van der Waals surface area contributed by atoms with Crippen LogP contribution in [0, 0.1) is 5.82 Å². The number of aliphatic hydroxyl groups excluding tert-OH is 2. The highest BCUT2D eigenvalue weighted by Crippen LogP contribution is 2.31. The molecule has 0 aliphatic carbocycles. The van der Waals surface area contributed by atoms with Gasteiger partial charge in [0.05, 0.1) is 41.7 Å². The minimum absolute atomic E-state index is 0.0189. The van der Waals surface area contributed by atoms with Crippen LogP contribution in [0.15, 0.2) is 53.4 Å². The van der Waals surface area contributed by atoms with Crippen molar-refractivity contribution in [2.24, 2.45) is 0 Å². The number of morpholine rings is 1. The number of fused-ring (bicyclic) bond motifs is 6. The molecule has 4 saturated heterocycles. The lowest BCUT2D eigenvalue weighted by Crippen LogP contribution is -2.55. The first-order valence-electron chi connectivity index (χ1n) is 15.6. The molecule has 6 rings (SSSR count). The summed E-state index contributed by atoms with van der Waals surface area (Å²) in [6, 6.07) is 7.71. The van der Waals surface area contributed by atoms with E-state index in [0.29, 0.717) is 5.56 Å². The normalized spacial score (nSPS) is 31.2. The lowest BCUT2D eigenvalue weighted by molar-refractivity contribution is -0.144. The van der Waals surface area contributed by atoms with Crippen molar-refractivity contribution in [1.29, 1.82) is 0 Å². The van der Waals surface area contributed by atoms with Gasteiger partial charge in [-0.2, -0.15) is 17.5 Å². The fourth-order valence-electron chi connectivity index (χ4n) is 6.80. The Bertz CT molecular complexity index is 1610. The first kappa shape index (κ1) is 34.7. The fraction of sp³-hybridized carbons (Fsp3) is 0.548. The number of amides is 2. The average Bonchev–Trinajstić information content (AvgIpc) is 3.54. The minimum atomic E-state index is -4.51. The van der Waals surface area contributed by atoms with Crippen LogP contribution in [0.1, 0.15) is 24.0 Å². The van der Waals surface area contributed by atoms with Crippen molar-refractivity contribution in [3.05, 3.63) is 65.5 Å². The molecule has 0 aromatic heterocycles. The van der Waals surface area contributed by atoms with Gasteiger partial charge in [0.15, 0.2) is 0 Å². The third-order valence-corrected chi connectivity index (χ3v) is 11.1. The zero-order valence-electron chi connectivity index (χ0n) is 25.6. The molecule has 6 bridgehead atoms. The van der Waals surface area contributed by atoms with Crippen molar-refractivity contribution < 1.29 is 55.3 Å². The van der Waals surface area contributed by atoms with Crippen LogP contribution in [0.25, 0.3) is 0 Å². The number of halogens is 4. The van der Waals surface area contributed by atoms with Crippen LogP contribution in [0.4, 0.5) is 17.6 Å². The van der Waals surface area contributed by atoms with Gasteiger partial charge in [-0.15, -0.1) is 0 Å². The van der Waals surface area contributed by atoms with Gasteiger partial charge in [0.1, 0.15) is 24.1 Å². The summed E-state index contributed by atoms with van der Waals surface area (Å²) in [7, 11) is -4.41. The lowest BCUT2D eigenvalue weighted by atomic mass is 10.0. The number of aliphatic hydroxyl groups is 2. The van der Waals surface area contributed by atoms with Crippen LogP contribution >= 0.6 is 0 Å². The van der Waals surface area contributed by atoms with Crippen LogP contribution < -0.4 is 5.32 Å². The molecule has 17 heteroatoms. The Morgan fingerprint density at radius 3 is 2.40 bits per heavy atom. The first-order valence-corrected chi connectivity index (χ1v) is 17.0. The summed E-state index contributed by atoms with van der Waals surface area (Å²) in [6.45, 7) is -0.211. The highest BCUT2D eigenvalue weighted by Gasteiger charge is 2.47. The van der Waals surface area contributed by atoms with E-state index in [4.69, 9.17) is 9.47 Å². The van der Waals surface area contributed by atoms with Crippen LogP contribution in [0.5, 0.6) is 0 Å². The van der Waals surface area contributed by atoms with Crippen LogP contribution in [-0.2, 0) is 41.8 Å². The number of carbonyl (C=O) groups excluding carboxylic acids is 2. The molecule has 0 radical (unpaired) electrons. The summed E-state index contributed by atoms with van der Waals surface area (Å²) in [5.74, 6) is -1.64. The third kappa shape index (κ3) is 7.36. The molecule has 0 spiro atoms. The van der Waals surface area contributed by atoms with Crippen molar-refractivity contribution in [3.63, 3.8) is 0 Å². The molecule has 12 nitrogen and oxygen atoms in total. The number of ether oxygens (including phenoxy) is 2. The molecular formula is C31H36F4N4O8S. The van der Waals surface area contributed by atoms with E-state index in [9.17, 15) is 45.8 Å². The number of nitrogens with one attached hydrogen (secondary N) is 1. The zero-order valence-corrected chi connectivity index (χ0v) is 26.4. The number of sulfonamides is 1. The summed E-state index contributed by atoms with van der Waals surface area (Å²) < 4.78 is 93.8. The van der Waals surface area contributed by atoms with E-state index in [1.54, 1.807) is 4.90 Å². The number of nitrogens with zero attached hydrogens (tertiary/aromatic N) is 3. The maximum Gasteiger partial charge on any atom is 0.416 e. The van der Waals surface area contributed by atoms with E-state index in [0.717, 1.165) is 28.6 Å². The second kappa shape index (κ2) is 13.6. The second-order valence-corrected chi connectivity index (χ2v) is 14.5. The van der Waals surface area contributed by atoms with Crippen molar-refractivity contribution in [1.82, 2.24) is 19.4 Å². The maximum atomic E-state index is 14.1. The Morgan fingerprint density at radius 2 is 1.69 bits per heavy atom. The average molecular weight is 701 g/mol. The molecule has 4 fully saturated rings. The summed E-state index contributed by atoms with van der Waals surface area (Å²) in [4.78, 5) is 30.1. The van der Waals surface area contributed by atoms with E-state index in [2.05, 4.69) is 5.32 Å². The molecule has 262 valence electrons. The van der Waals surface area contributed by atoms with E-state index < -0.39 is 82.6 Å². The van der Waals surface area contributed by atoms with Crippen molar-refractivity contribution in [2.45, 2.75) is 73.1 Å². The summed E-state index contributed by atoms with van der Waals surface area (Å²) >= 11 is 0. The number of hydrogen-bond donors (Lipinski definition) is 3. The lowest BCUT2D eigenvalue weighted by Gasteiger charge is -2.38. The number of carbonyl (C=O) groups is 2. The molecule has 7 atom stereocenters. The van der Waals surface area contributed by atoms with E-state index in [-0.39, 0.29) is 63.0 Å². The van der Waals surface area contributed by atoms with Gasteiger partial charge in [0.2, 0.25) is 21.8 Å². The largest absolute Gasteiger partial charge is 0.416 e. The number of rotatable bonds is 4. The van der Waals surface area contributed by atoms with Gasteiger partial charge in [-0.05, 0) is 42.3 Å². The Kier molecular flexibility index (Phi) is 9.83. The predicted molar refractivity (Wildman–Crippen MR) is 159 cm³/mol. The van der Waals surface area contributed by atoms with E-state index in [1.165, 1.54) is 29.2 Å². The molecule has 2 aromatic carbocycles. The topological polar surface area (TPSA) is 149 Å². The zero-order chi connectivity index (χ0) is 34.4. The monoisotopic (exact) mass is 700 g/mol. The van der Waals surface area contributed by atoms with Crippen LogP contribution in [0.2, 0.25) is 0 Å². The van der Waals surface area contributed by atoms with Crippen LogP contribution in [-0.4, -0.2) is 126 Å². The van der Waals surface area contributed by atoms with E-state index >= 15 is 0 Å². The summed E-state index contributed by atoms with van der Waals surface area (Å²) in [5, 5.41) is 24.4. The van der Waals surface area contributed by atoms with Gasteiger partial charge in [0.25, 0.3) is 0 Å². The second-order valence-electron chi connectivity index (χ2n) is 12.6. The Balaban J connectivity index is 1.29. The quantitative estimate of drug-likeness (QED) is 0.393. The molecular weight excluding hydrogens is 664 g/mol. The number of alkyl halides is 3. The summed E-state index contributed by atoms with van der Waals surface area (Å²) in [5.41, 5.74) is -0.279. The van der Waals surface area contributed by atoms with Crippen molar-refractivity contribution in [2.75, 3.05) is 39.3 Å². The molecule has 4 aliphatic heterocycles. The standard InChI is InChI=1S/C31H36F4N4O8S/c32-20-2-1-3-23(10-20)48(44,45)39-16-22-15-37(8-9-46-22)30(43)24-11-21(36-27(40)12-25-28(41)29(42)26(17-39)47-25)14-38(24)13-18-4-6-19(7-5-18)31(33,34)35/h1-7,10,21-22,24-26,28-29,41-42H,8-9,11-17H2,(H,36,40)/t21-,22-,24-,25-,26+,28-,29+/m0/s1. The van der Waals surface area contributed by atoms with Crippen molar-refractivity contribution in [3.8, 4) is 0 Å². The Morgan fingerprint density at radius 1 is 0.958 bits per heavy atom. The minimum Gasteiger partial charge on any atom is -0.388 e. The van der Waals surface area contributed by atoms with E-state index in [1.807, 2.05) is 0 Å². The fourth-order valence-corrected chi connectivity index (χ4v) is 8.32. The molecule has 48 heavy (non-hydrogen) atoms. The molecule has 4 heterocycles. The van der Waals surface area contributed by atoms with Gasteiger partial charge < -0.3 is 29.9 Å². The van der Waals surface area contributed by atoms with Crippen molar-refractivity contribution >= 4 is 21.8 Å². The molecule has 0 saturated carbocycles. The molecule has 0 unspecified atom stereocenters. The molecule has 3 N–H and O–H groups in total. The van der Waals surface area contributed by atoms with Gasteiger partial charge in [0, 0.05) is 45.3 Å². The highest BCUT2D eigenvalue weighted by atomic mass is 32.2. The summed E-state index contributed by atoms with van der Waals surface area (Å²) in [6.07, 6.45) is -11.0. The smallest absolute Gasteiger partial charge is 0.388 e. The number of benzene rings is 2. The number of likely N-dealkylation sites (tertiary alicyclic amines) is 1. The highest BCUT2D eigenvalue weighted by molar-refractivity contribution is 7.89. The van der Waals surface area contributed by atoms with Gasteiger partial charge in [-0.25, -0.2) is 12.8 Å². The maximum absolute atomic E-state index is 14.1. The molecule has 2 amide bonds. The Labute approximate surface area is 274 Å². The van der Waals surface area contributed by atoms with Gasteiger partial charge >= 0.3 is 6.18 Å². The Hall–Kier alpha value is -3.19.